The highest BCUT2D eigenvalue weighted by Crippen LogP contribution is 2.13. The van der Waals surface area contributed by atoms with E-state index < -0.39 is 24.1 Å². The zero-order valence-corrected chi connectivity index (χ0v) is 9.61. The molecule has 0 aromatic heterocycles. The minimum atomic E-state index is -0.457. The first-order valence-corrected chi connectivity index (χ1v) is 5.02. The topological polar surface area (TPSA) is 61.8 Å². The second-order valence-electron chi connectivity index (χ2n) is 2.83. The maximum Gasteiger partial charge on any atom is 0.303 e. The Labute approximate surface area is 89.7 Å². The number of rotatable bonds is 2. The van der Waals surface area contributed by atoms with E-state index in [2.05, 4.69) is 0 Å². The molecule has 0 spiro atoms. The molecule has 0 saturated carbocycles. The van der Waals surface area contributed by atoms with Crippen molar-refractivity contribution in [2.24, 2.45) is 0 Å². The minimum Gasteiger partial charge on any atom is -0.456 e. The summed E-state index contributed by atoms with van der Waals surface area (Å²) < 4.78 is 14.8. The highest BCUT2D eigenvalue weighted by atomic mass is 16.6. The molecule has 0 radical (unpaired) electrons. The van der Waals surface area contributed by atoms with E-state index in [1.54, 1.807) is 0 Å². The average Bonchev–Trinajstić information content (AvgIpc) is 2.54. The Morgan fingerprint density at radius 1 is 1.00 bits per heavy atom. The molecular weight excluding hydrogens is 200 g/mol. The van der Waals surface area contributed by atoms with Crippen LogP contribution in [0.4, 0.5) is 0 Å². The molecule has 1 fully saturated rings. The largest absolute Gasteiger partial charge is 0.456 e. The van der Waals surface area contributed by atoms with Gasteiger partial charge in [0.15, 0.2) is 12.2 Å². The average molecular weight is 218 g/mol. The molecule has 5 heteroatoms. The molecule has 1 rings (SSSR count). The third-order valence-electron chi connectivity index (χ3n) is 1.61. The van der Waals surface area contributed by atoms with Crippen molar-refractivity contribution in [2.75, 3.05) is 13.2 Å². The van der Waals surface area contributed by atoms with Crippen molar-refractivity contribution in [3.8, 4) is 0 Å². The molecule has 0 aliphatic carbocycles. The van der Waals surface area contributed by atoms with Crippen molar-refractivity contribution < 1.29 is 23.8 Å². The quantitative estimate of drug-likeness (QED) is 0.644. The van der Waals surface area contributed by atoms with Gasteiger partial charge in [-0.15, -0.1) is 0 Å². The summed E-state index contributed by atoms with van der Waals surface area (Å²) in [6, 6.07) is 0. The molecule has 0 N–H and O–H groups in total. The van der Waals surface area contributed by atoms with Crippen LogP contribution in [0.25, 0.3) is 0 Å². The maximum atomic E-state index is 10.6. The summed E-state index contributed by atoms with van der Waals surface area (Å²) in [6.45, 7) is 7.20. The molecule has 2 unspecified atom stereocenters. The molecule has 5 nitrogen and oxygen atoms in total. The molecule has 0 aromatic carbocycles. The van der Waals surface area contributed by atoms with Crippen LogP contribution < -0.4 is 0 Å². The molecular formula is C10H18O5. The van der Waals surface area contributed by atoms with Gasteiger partial charge in [0.2, 0.25) is 0 Å². The van der Waals surface area contributed by atoms with Crippen molar-refractivity contribution >= 4 is 11.9 Å². The number of carbonyl (C=O) groups excluding carboxylic acids is 2. The number of hydrogen-bond acceptors (Lipinski definition) is 5. The van der Waals surface area contributed by atoms with E-state index in [1.165, 1.54) is 13.8 Å². The van der Waals surface area contributed by atoms with Gasteiger partial charge in [-0.1, -0.05) is 13.8 Å². The van der Waals surface area contributed by atoms with Gasteiger partial charge in [0, 0.05) is 13.8 Å². The van der Waals surface area contributed by atoms with E-state index in [1.807, 2.05) is 13.8 Å². The first kappa shape index (κ1) is 13.9. The fraction of sp³-hybridized carbons (Fsp3) is 0.800. The normalized spacial score (nSPS) is 23.7. The van der Waals surface area contributed by atoms with Crippen molar-refractivity contribution in [1.29, 1.82) is 0 Å². The molecule has 1 saturated heterocycles. The lowest BCUT2D eigenvalue weighted by Gasteiger charge is -2.16. The Morgan fingerprint density at radius 2 is 1.33 bits per heavy atom. The predicted octanol–water partition coefficient (Wildman–Crippen LogP) is 0.906. The van der Waals surface area contributed by atoms with Gasteiger partial charge in [-0.3, -0.25) is 9.59 Å². The Bertz CT molecular complexity index is 192. The van der Waals surface area contributed by atoms with E-state index in [0.29, 0.717) is 0 Å². The van der Waals surface area contributed by atoms with Crippen LogP contribution in [0.5, 0.6) is 0 Å². The van der Waals surface area contributed by atoms with Crippen LogP contribution in [0.1, 0.15) is 27.7 Å². The van der Waals surface area contributed by atoms with E-state index in [4.69, 9.17) is 14.2 Å². The fourth-order valence-electron chi connectivity index (χ4n) is 1.16. The van der Waals surface area contributed by atoms with Gasteiger partial charge in [-0.05, 0) is 0 Å². The van der Waals surface area contributed by atoms with E-state index in [-0.39, 0.29) is 13.2 Å². The molecule has 88 valence electrons. The highest BCUT2D eigenvalue weighted by Gasteiger charge is 2.33. The van der Waals surface area contributed by atoms with Crippen LogP contribution in [0.2, 0.25) is 0 Å². The zero-order chi connectivity index (χ0) is 11.8. The van der Waals surface area contributed by atoms with Gasteiger partial charge in [0.05, 0.1) is 13.2 Å². The Hall–Kier alpha value is -1.10. The molecule has 0 bridgehead atoms. The molecule has 0 aromatic rings. The Morgan fingerprint density at radius 3 is 1.60 bits per heavy atom. The van der Waals surface area contributed by atoms with Crippen molar-refractivity contribution in [3.63, 3.8) is 0 Å². The third-order valence-corrected chi connectivity index (χ3v) is 1.61. The SMILES string of the molecule is CC.CC(=O)OC1COCC1OC(C)=O. The second kappa shape index (κ2) is 7.23. The summed E-state index contributed by atoms with van der Waals surface area (Å²) in [7, 11) is 0. The summed E-state index contributed by atoms with van der Waals surface area (Å²) in [6.07, 6.45) is -0.914. The van der Waals surface area contributed by atoms with E-state index in [0.717, 1.165) is 0 Å². The van der Waals surface area contributed by atoms with Gasteiger partial charge in [-0.25, -0.2) is 0 Å². The molecule has 15 heavy (non-hydrogen) atoms. The number of carbonyl (C=O) groups is 2. The van der Waals surface area contributed by atoms with Gasteiger partial charge < -0.3 is 14.2 Å². The first-order chi connectivity index (χ1) is 7.09. The molecule has 1 heterocycles. The van der Waals surface area contributed by atoms with Crippen LogP contribution in [-0.4, -0.2) is 37.4 Å². The lowest BCUT2D eigenvalue weighted by atomic mass is 10.2. The Balaban J connectivity index is 0.000000921. The Kier molecular flexibility index (Phi) is 6.70. The van der Waals surface area contributed by atoms with Crippen LogP contribution in [-0.2, 0) is 23.8 Å². The molecule has 0 amide bonds. The van der Waals surface area contributed by atoms with Crippen LogP contribution in [0, 0.1) is 0 Å². The van der Waals surface area contributed by atoms with Gasteiger partial charge in [0.1, 0.15) is 0 Å². The zero-order valence-electron chi connectivity index (χ0n) is 9.61. The van der Waals surface area contributed by atoms with E-state index >= 15 is 0 Å². The summed E-state index contributed by atoms with van der Waals surface area (Å²) in [4.78, 5) is 21.2. The minimum absolute atomic E-state index is 0.289. The molecule has 1 aliphatic heterocycles. The molecule has 1 aliphatic rings. The standard InChI is InChI=1S/C8H12O5.C2H6/c1-5(9)12-7-3-11-4-8(7)13-6(2)10;1-2/h7-8H,3-4H2,1-2H3;1-2H3. The lowest BCUT2D eigenvalue weighted by Crippen LogP contribution is -2.32. The van der Waals surface area contributed by atoms with Crippen molar-refractivity contribution in [2.45, 2.75) is 39.9 Å². The number of esters is 2. The van der Waals surface area contributed by atoms with Gasteiger partial charge in [0.25, 0.3) is 0 Å². The fourth-order valence-corrected chi connectivity index (χ4v) is 1.16. The predicted molar refractivity (Wildman–Crippen MR) is 53.3 cm³/mol. The summed E-state index contributed by atoms with van der Waals surface area (Å²) in [5.41, 5.74) is 0. The summed E-state index contributed by atoms with van der Waals surface area (Å²) in [5.74, 6) is -0.791. The first-order valence-electron chi connectivity index (χ1n) is 5.02. The lowest BCUT2D eigenvalue weighted by molar-refractivity contribution is -0.160. The monoisotopic (exact) mass is 218 g/mol. The van der Waals surface area contributed by atoms with E-state index in [9.17, 15) is 9.59 Å². The number of ether oxygens (including phenoxy) is 3. The summed E-state index contributed by atoms with van der Waals surface area (Å²) >= 11 is 0. The highest BCUT2D eigenvalue weighted by molar-refractivity contribution is 5.67. The smallest absolute Gasteiger partial charge is 0.303 e. The molecule has 2 atom stereocenters. The van der Waals surface area contributed by atoms with Gasteiger partial charge >= 0.3 is 11.9 Å². The van der Waals surface area contributed by atoms with Crippen LogP contribution >= 0.6 is 0 Å². The van der Waals surface area contributed by atoms with Crippen molar-refractivity contribution in [3.05, 3.63) is 0 Å². The van der Waals surface area contributed by atoms with Gasteiger partial charge in [-0.2, -0.15) is 0 Å². The van der Waals surface area contributed by atoms with Crippen molar-refractivity contribution in [1.82, 2.24) is 0 Å². The maximum absolute atomic E-state index is 10.6. The van der Waals surface area contributed by atoms with Crippen LogP contribution in [0.15, 0.2) is 0 Å². The van der Waals surface area contributed by atoms with Crippen LogP contribution in [0.3, 0.4) is 0 Å². The number of hydrogen-bond donors (Lipinski definition) is 0. The third kappa shape index (κ3) is 5.37. The summed E-state index contributed by atoms with van der Waals surface area (Å²) in [5, 5.41) is 0. The second-order valence-corrected chi connectivity index (χ2v) is 2.83.